The maximum atomic E-state index is 12.9. The normalized spacial score (nSPS) is 26.7. The van der Waals surface area contributed by atoms with Crippen molar-refractivity contribution in [2.24, 2.45) is 11.8 Å². The number of amides is 1. The fourth-order valence-electron chi connectivity index (χ4n) is 3.29. The molecule has 1 aromatic carbocycles. The van der Waals surface area contributed by atoms with E-state index in [1.807, 2.05) is 31.2 Å². The molecule has 0 aromatic heterocycles. The van der Waals surface area contributed by atoms with E-state index in [-0.39, 0.29) is 11.8 Å². The summed E-state index contributed by atoms with van der Waals surface area (Å²) in [5.41, 5.74) is 0.616. The van der Waals surface area contributed by atoms with E-state index in [1.165, 1.54) is 0 Å². The van der Waals surface area contributed by atoms with Crippen molar-refractivity contribution < 1.29 is 14.7 Å². The Bertz CT molecular complexity index is 597. The average molecular weight is 352 g/mol. The second kappa shape index (κ2) is 5.13. The summed E-state index contributed by atoms with van der Waals surface area (Å²) in [7, 11) is 0. The number of benzene rings is 1. The molecule has 1 aliphatic heterocycles. The van der Waals surface area contributed by atoms with Gasteiger partial charge in [-0.15, -0.1) is 0 Å². The Labute approximate surface area is 132 Å². The first kappa shape index (κ1) is 14.6. The van der Waals surface area contributed by atoms with E-state index in [9.17, 15) is 14.7 Å². The molecule has 0 radical (unpaired) electrons. The van der Waals surface area contributed by atoms with Crippen LogP contribution >= 0.6 is 15.9 Å². The van der Waals surface area contributed by atoms with Gasteiger partial charge in [0.15, 0.2) is 0 Å². The number of carbonyl (C=O) groups excluding carboxylic acids is 1. The average Bonchev–Trinajstić information content (AvgIpc) is 3.15. The summed E-state index contributed by atoms with van der Waals surface area (Å²) in [5.74, 6) is -1.13. The van der Waals surface area contributed by atoms with Crippen molar-refractivity contribution in [2.75, 3.05) is 13.1 Å². The van der Waals surface area contributed by atoms with E-state index in [0.717, 1.165) is 22.9 Å². The molecule has 112 valence electrons. The molecule has 2 aliphatic rings. The number of carboxylic acids is 1. The number of carboxylic acid groups (broad SMARTS) is 1. The molecule has 1 saturated carbocycles. The zero-order chi connectivity index (χ0) is 15.2. The number of halogens is 1. The molecule has 0 bridgehead atoms. The second-order valence-electron chi connectivity index (χ2n) is 6.22. The monoisotopic (exact) mass is 351 g/mol. The van der Waals surface area contributed by atoms with Crippen molar-refractivity contribution in [3.05, 3.63) is 34.3 Å². The van der Waals surface area contributed by atoms with Gasteiger partial charge in [0.25, 0.3) is 0 Å². The van der Waals surface area contributed by atoms with Gasteiger partial charge >= 0.3 is 5.97 Å². The van der Waals surface area contributed by atoms with Gasteiger partial charge in [0.2, 0.25) is 5.91 Å². The minimum absolute atomic E-state index is 0.0183. The molecule has 1 saturated heterocycles. The van der Waals surface area contributed by atoms with Gasteiger partial charge in [-0.25, -0.2) is 0 Å². The third-order valence-corrected chi connectivity index (χ3v) is 5.25. The second-order valence-corrected chi connectivity index (χ2v) is 7.14. The molecule has 1 aromatic rings. The van der Waals surface area contributed by atoms with Crippen molar-refractivity contribution in [1.29, 1.82) is 0 Å². The molecular weight excluding hydrogens is 334 g/mol. The summed E-state index contributed by atoms with van der Waals surface area (Å²) >= 11 is 3.45. The molecule has 1 N–H and O–H groups in total. The van der Waals surface area contributed by atoms with Crippen LogP contribution < -0.4 is 0 Å². The van der Waals surface area contributed by atoms with E-state index in [2.05, 4.69) is 15.9 Å². The minimum atomic E-state index is -0.801. The van der Waals surface area contributed by atoms with E-state index < -0.39 is 17.3 Å². The molecular formula is C16H18BrNO3. The summed E-state index contributed by atoms with van der Waals surface area (Å²) < 4.78 is 0.970. The molecule has 2 fully saturated rings. The lowest BCUT2D eigenvalue weighted by Crippen LogP contribution is -2.38. The highest BCUT2D eigenvalue weighted by Gasteiger charge is 2.54. The van der Waals surface area contributed by atoms with Crippen molar-refractivity contribution in [2.45, 2.75) is 25.2 Å². The zero-order valence-corrected chi connectivity index (χ0v) is 13.5. The van der Waals surface area contributed by atoms with Crippen LogP contribution in [0.1, 0.15) is 25.3 Å². The van der Waals surface area contributed by atoms with Crippen LogP contribution in [0.3, 0.4) is 0 Å². The molecule has 1 aliphatic carbocycles. The summed E-state index contributed by atoms with van der Waals surface area (Å²) in [4.78, 5) is 25.8. The Balaban J connectivity index is 1.81. The Morgan fingerprint density at radius 1 is 1.33 bits per heavy atom. The Hall–Kier alpha value is -1.36. The molecule has 1 amide bonds. The van der Waals surface area contributed by atoms with E-state index in [1.54, 1.807) is 4.90 Å². The van der Waals surface area contributed by atoms with Gasteiger partial charge in [-0.3, -0.25) is 9.59 Å². The third kappa shape index (κ3) is 2.48. The van der Waals surface area contributed by atoms with Gasteiger partial charge in [0.1, 0.15) is 0 Å². The molecule has 3 rings (SSSR count). The first-order valence-corrected chi connectivity index (χ1v) is 8.01. The number of hydrogen-bond donors (Lipinski definition) is 1. The summed E-state index contributed by atoms with van der Waals surface area (Å²) in [6, 6.07) is 7.88. The molecule has 4 nitrogen and oxygen atoms in total. The van der Waals surface area contributed by atoms with Crippen LogP contribution in [0.2, 0.25) is 0 Å². The molecule has 5 heteroatoms. The lowest BCUT2D eigenvalue weighted by atomic mass is 9.94. The minimum Gasteiger partial charge on any atom is -0.481 e. The maximum Gasteiger partial charge on any atom is 0.308 e. The molecule has 21 heavy (non-hydrogen) atoms. The molecule has 0 unspecified atom stereocenters. The fraction of sp³-hybridized carbons (Fsp3) is 0.500. The Morgan fingerprint density at radius 2 is 2.05 bits per heavy atom. The number of carbonyl (C=O) groups is 2. The van der Waals surface area contributed by atoms with Crippen molar-refractivity contribution in [3.8, 4) is 0 Å². The van der Waals surface area contributed by atoms with Crippen molar-refractivity contribution in [1.82, 2.24) is 4.90 Å². The number of hydrogen-bond acceptors (Lipinski definition) is 2. The fourth-order valence-corrected chi connectivity index (χ4v) is 3.69. The highest BCUT2D eigenvalue weighted by atomic mass is 79.9. The van der Waals surface area contributed by atoms with Crippen LogP contribution in [0.4, 0.5) is 0 Å². The topological polar surface area (TPSA) is 57.6 Å². The SMILES string of the molecule is C[C@@H]1CN(C(=O)C2(c3cccc(Br)c3)CC2)C[C@H]1C(=O)O. The van der Waals surface area contributed by atoms with Gasteiger partial charge in [-0.2, -0.15) is 0 Å². The lowest BCUT2D eigenvalue weighted by Gasteiger charge is -2.23. The van der Waals surface area contributed by atoms with Gasteiger partial charge in [0.05, 0.1) is 11.3 Å². The first-order valence-electron chi connectivity index (χ1n) is 7.22. The number of nitrogens with zero attached hydrogens (tertiary/aromatic N) is 1. The van der Waals surface area contributed by atoms with Crippen LogP contribution in [0, 0.1) is 11.8 Å². The first-order chi connectivity index (χ1) is 9.94. The summed E-state index contributed by atoms with van der Waals surface area (Å²) in [5, 5.41) is 9.21. The van der Waals surface area contributed by atoms with E-state index in [4.69, 9.17) is 0 Å². The lowest BCUT2D eigenvalue weighted by molar-refractivity contribution is -0.142. The van der Waals surface area contributed by atoms with Gasteiger partial charge in [-0.05, 0) is 36.5 Å². The number of rotatable bonds is 3. The molecule has 0 spiro atoms. The summed E-state index contributed by atoms with van der Waals surface area (Å²) in [6.45, 7) is 2.79. The predicted octanol–water partition coefficient (Wildman–Crippen LogP) is 2.66. The van der Waals surface area contributed by atoms with Gasteiger partial charge in [0, 0.05) is 17.6 Å². The van der Waals surface area contributed by atoms with Crippen LogP contribution in [0.15, 0.2) is 28.7 Å². The quantitative estimate of drug-likeness (QED) is 0.910. The third-order valence-electron chi connectivity index (χ3n) is 4.75. The van der Waals surface area contributed by atoms with E-state index in [0.29, 0.717) is 13.1 Å². The van der Waals surface area contributed by atoms with E-state index >= 15 is 0 Å². The zero-order valence-electron chi connectivity index (χ0n) is 11.9. The highest BCUT2D eigenvalue weighted by molar-refractivity contribution is 9.10. The highest BCUT2D eigenvalue weighted by Crippen LogP contribution is 2.50. The largest absolute Gasteiger partial charge is 0.481 e. The predicted molar refractivity (Wildman–Crippen MR) is 81.9 cm³/mol. The molecule has 1 heterocycles. The van der Waals surface area contributed by atoms with Gasteiger partial charge in [-0.1, -0.05) is 35.0 Å². The van der Waals surface area contributed by atoms with Crippen LogP contribution in [-0.2, 0) is 15.0 Å². The van der Waals surface area contributed by atoms with Crippen LogP contribution in [0.5, 0.6) is 0 Å². The number of aliphatic carboxylic acids is 1. The van der Waals surface area contributed by atoms with Crippen LogP contribution in [-0.4, -0.2) is 35.0 Å². The number of likely N-dealkylation sites (tertiary alicyclic amines) is 1. The van der Waals surface area contributed by atoms with Crippen molar-refractivity contribution in [3.63, 3.8) is 0 Å². The molecule has 2 atom stereocenters. The Morgan fingerprint density at radius 3 is 2.57 bits per heavy atom. The van der Waals surface area contributed by atoms with Crippen LogP contribution in [0.25, 0.3) is 0 Å². The van der Waals surface area contributed by atoms with Crippen molar-refractivity contribution >= 4 is 27.8 Å². The summed E-state index contributed by atoms with van der Waals surface area (Å²) in [6.07, 6.45) is 1.70. The Kier molecular flexibility index (Phi) is 3.56. The smallest absolute Gasteiger partial charge is 0.308 e. The maximum absolute atomic E-state index is 12.9. The standard InChI is InChI=1S/C16H18BrNO3/c1-10-8-18(9-13(10)14(19)20)15(21)16(5-6-16)11-3-2-4-12(17)7-11/h2-4,7,10,13H,5-6,8-9H2,1H3,(H,19,20)/t10-,13-/m1/s1. The van der Waals surface area contributed by atoms with Gasteiger partial charge < -0.3 is 10.0 Å².